The number of rotatable bonds is 11. The summed E-state index contributed by atoms with van der Waals surface area (Å²) in [5.74, 6) is 1.35. The number of hydrogen-bond donors (Lipinski definition) is 1. The minimum Gasteiger partial charge on any atom is -0.482 e. The largest absolute Gasteiger partial charge is 0.482 e. The second-order valence-corrected chi connectivity index (χ2v) is 9.92. The Kier molecular flexibility index (Phi) is 9.67. The van der Waals surface area contributed by atoms with E-state index in [4.69, 9.17) is 19.4 Å². The molecule has 1 saturated heterocycles. The third-order valence-electron chi connectivity index (χ3n) is 6.83. The molecule has 1 atom stereocenters. The van der Waals surface area contributed by atoms with Crippen molar-refractivity contribution in [1.82, 2.24) is 19.8 Å². The number of aromatic nitrogens is 2. The maximum Gasteiger partial charge on any atom is 0.343 e. The molecule has 0 bridgehead atoms. The van der Waals surface area contributed by atoms with Crippen LogP contribution in [0.1, 0.15) is 25.2 Å². The van der Waals surface area contributed by atoms with Crippen LogP contribution < -0.4 is 10.1 Å². The number of esters is 2. The Morgan fingerprint density at radius 2 is 1.56 bits per heavy atom. The fourth-order valence-corrected chi connectivity index (χ4v) is 4.59. The fraction of sp³-hybridized carbons (Fsp3) is 0.448. The number of benzene rings is 2. The lowest BCUT2D eigenvalue weighted by Crippen LogP contribution is -2.45. The highest BCUT2D eigenvalue weighted by Crippen LogP contribution is 2.24. The summed E-state index contributed by atoms with van der Waals surface area (Å²) in [6.07, 6.45) is 0. The van der Waals surface area contributed by atoms with Gasteiger partial charge in [-0.1, -0.05) is 44.2 Å². The molecule has 2 aromatic carbocycles. The van der Waals surface area contributed by atoms with Crippen molar-refractivity contribution in [2.24, 2.45) is 5.92 Å². The van der Waals surface area contributed by atoms with Crippen LogP contribution in [0.15, 0.2) is 48.5 Å². The van der Waals surface area contributed by atoms with Crippen molar-refractivity contribution >= 4 is 28.7 Å². The van der Waals surface area contributed by atoms with Gasteiger partial charge in [-0.2, -0.15) is 0 Å². The zero-order chi connectivity index (χ0) is 27.8. The molecule has 4 rings (SSSR count). The van der Waals surface area contributed by atoms with Gasteiger partial charge in [0.25, 0.3) is 0 Å². The first-order chi connectivity index (χ1) is 18.9. The zero-order valence-corrected chi connectivity index (χ0v) is 23.1. The van der Waals surface area contributed by atoms with Gasteiger partial charge in [0.2, 0.25) is 0 Å². The summed E-state index contributed by atoms with van der Waals surface area (Å²) in [5.41, 5.74) is 1.87. The molecule has 0 spiro atoms. The first kappa shape index (κ1) is 28.3. The Morgan fingerprint density at radius 1 is 0.897 bits per heavy atom. The maximum atomic E-state index is 12.4. The number of nitrogens with one attached hydrogen (secondary N) is 1. The van der Waals surface area contributed by atoms with Gasteiger partial charge in [0.15, 0.2) is 6.61 Å². The van der Waals surface area contributed by atoms with Gasteiger partial charge < -0.3 is 19.5 Å². The van der Waals surface area contributed by atoms with Crippen molar-refractivity contribution in [2.75, 3.05) is 52.3 Å². The van der Waals surface area contributed by atoms with Crippen LogP contribution in [0.3, 0.4) is 0 Å². The maximum absolute atomic E-state index is 12.4. The molecule has 10 nitrogen and oxygen atoms in total. The monoisotopic (exact) mass is 535 g/mol. The van der Waals surface area contributed by atoms with Gasteiger partial charge >= 0.3 is 11.9 Å². The van der Waals surface area contributed by atoms with E-state index in [0.29, 0.717) is 23.9 Å². The normalized spacial score (nSPS) is 15.2. The van der Waals surface area contributed by atoms with Gasteiger partial charge in [-0.25, -0.2) is 19.6 Å². The second-order valence-electron chi connectivity index (χ2n) is 9.92. The Balaban J connectivity index is 1.41. The summed E-state index contributed by atoms with van der Waals surface area (Å²) in [6.45, 7) is 8.66. The van der Waals surface area contributed by atoms with Gasteiger partial charge in [-0.15, -0.1) is 0 Å². The first-order valence-electron chi connectivity index (χ1n) is 13.2. The first-order valence-corrected chi connectivity index (χ1v) is 13.2. The summed E-state index contributed by atoms with van der Waals surface area (Å²) < 4.78 is 15.4. The van der Waals surface area contributed by atoms with E-state index < -0.39 is 12.0 Å². The van der Waals surface area contributed by atoms with Crippen LogP contribution in [0.4, 0.5) is 5.82 Å². The topological polar surface area (TPSA) is 106 Å². The van der Waals surface area contributed by atoms with E-state index in [0.717, 1.165) is 49.2 Å². The molecule has 1 aromatic heterocycles. The SMILES string of the molecule is COC(=O)COc1ccccc1CN1CCN(Cc2nc(N[C@H](C(=O)OC)C(C)C)c3ccccc3n2)CC1. The third-order valence-corrected chi connectivity index (χ3v) is 6.83. The van der Waals surface area contributed by atoms with Crippen LogP contribution in [0.5, 0.6) is 5.75 Å². The second kappa shape index (κ2) is 13.3. The molecule has 39 heavy (non-hydrogen) atoms. The van der Waals surface area contributed by atoms with E-state index in [1.54, 1.807) is 0 Å². The van der Waals surface area contributed by atoms with Crippen molar-refractivity contribution in [3.05, 3.63) is 59.9 Å². The summed E-state index contributed by atoms with van der Waals surface area (Å²) in [4.78, 5) is 38.2. The average Bonchev–Trinajstić information content (AvgIpc) is 2.95. The van der Waals surface area contributed by atoms with Crippen LogP contribution >= 0.6 is 0 Å². The highest BCUT2D eigenvalue weighted by Gasteiger charge is 2.25. The molecule has 0 saturated carbocycles. The molecule has 10 heteroatoms. The summed E-state index contributed by atoms with van der Waals surface area (Å²) in [5, 5.41) is 4.19. The average molecular weight is 536 g/mol. The van der Waals surface area contributed by atoms with Crippen LogP contribution in [0, 0.1) is 5.92 Å². The Hall–Kier alpha value is -3.76. The van der Waals surface area contributed by atoms with Crippen LogP contribution in [-0.2, 0) is 32.2 Å². The number of para-hydroxylation sites is 2. The predicted octanol–water partition coefficient (Wildman–Crippen LogP) is 3.11. The molecule has 208 valence electrons. The molecule has 3 aromatic rings. The molecule has 0 aliphatic carbocycles. The summed E-state index contributed by atoms with van der Waals surface area (Å²) in [6, 6.07) is 15.1. The number of hydrogen-bond acceptors (Lipinski definition) is 10. The summed E-state index contributed by atoms with van der Waals surface area (Å²) in [7, 11) is 2.75. The lowest BCUT2D eigenvalue weighted by atomic mass is 10.0. The van der Waals surface area contributed by atoms with E-state index in [-0.39, 0.29) is 18.5 Å². The molecule has 1 aliphatic rings. The minimum absolute atomic E-state index is 0.0266. The van der Waals surface area contributed by atoms with E-state index in [2.05, 4.69) is 19.9 Å². The number of fused-ring (bicyclic) bond motifs is 1. The van der Waals surface area contributed by atoms with E-state index in [9.17, 15) is 9.59 Å². The smallest absolute Gasteiger partial charge is 0.343 e. The highest BCUT2D eigenvalue weighted by atomic mass is 16.6. The molecule has 1 fully saturated rings. The van der Waals surface area contributed by atoms with Crippen molar-refractivity contribution in [2.45, 2.75) is 33.0 Å². The lowest BCUT2D eigenvalue weighted by molar-refractivity contribution is -0.143. The Labute approximate surface area is 229 Å². The lowest BCUT2D eigenvalue weighted by Gasteiger charge is -2.34. The van der Waals surface area contributed by atoms with Crippen molar-refractivity contribution in [3.63, 3.8) is 0 Å². The minimum atomic E-state index is -0.510. The summed E-state index contributed by atoms with van der Waals surface area (Å²) >= 11 is 0. The molecular formula is C29H37N5O5. The number of ether oxygens (including phenoxy) is 3. The van der Waals surface area contributed by atoms with Gasteiger partial charge in [-0.3, -0.25) is 9.80 Å². The number of methoxy groups -OCH3 is 2. The number of carbonyl (C=O) groups is 2. The number of piperazine rings is 1. The van der Waals surface area contributed by atoms with Gasteiger partial charge in [-0.05, 0) is 24.1 Å². The number of nitrogens with zero attached hydrogens (tertiary/aromatic N) is 4. The van der Waals surface area contributed by atoms with E-state index >= 15 is 0 Å². The Morgan fingerprint density at radius 3 is 2.26 bits per heavy atom. The molecule has 2 heterocycles. The van der Waals surface area contributed by atoms with Crippen LogP contribution in [-0.4, -0.2) is 84.8 Å². The fourth-order valence-electron chi connectivity index (χ4n) is 4.59. The van der Waals surface area contributed by atoms with Crippen molar-refractivity contribution < 1.29 is 23.8 Å². The quantitative estimate of drug-likeness (QED) is 0.368. The van der Waals surface area contributed by atoms with E-state index in [1.165, 1.54) is 14.2 Å². The van der Waals surface area contributed by atoms with Crippen LogP contribution in [0.2, 0.25) is 0 Å². The van der Waals surface area contributed by atoms with Crippen LogP contribution in [0.25, 0.3) is 10.9 Å². The van der Waals surface area contributed by atoms with Gasteiger partial charge in [0, 0.05) is 43.7 Å². The zero-order valence-electron chi connectivity index (χ0n) is 23.1. The Bertz CT molecular complexity index is 1280. The third kappa shape index (κ3) is 7.42. The molecule has 0 amide bonds. The molecule has 0 radical (unpaired) electrons. The number of carbonyl (C=O) groups excluding carboxylic acids is 2. The molecule has 1 N–H and O–H groups in total. The standard InChI is InChI=1S/C29H37N5O5/c1-20(2)27(29(36)38-4)32-28-22-10-6-7-11-23(22)30-25(31-28)18-34-15-13-33(14-16-34)17-21-9-5-8-12-24(21)39-19-26(35)37-3/h5-12,20,27H,13-19H2,1-4H3,(H,30,31,32)/t27-/m0/s1. The molecular weight excluding hydrogens is 498 g/mol. The van der Waals surface area contributed by atoms with Crippen molar-refractivity contribution in [1.29, 1.82) is 0 Å². The highest BCUT2D eigenvalue weighted by molar-refractivity contribution is 5.91. The van der Waals surface area contributed by atoms with Crippen molar-refractivity contribution in [3.8, 4) is 5.75 Å². The van der Waals surface area contributed by atoms with E-state index in [1.807, 2.05) is 62.4 Å². The predicted molar refractivity (Wildman–Crippen MR) is 148 cm³/mol. The number of anilines is 1. The van der Waals surface area contributed by atoms with Gasteiger partial charge in [0.1, 0.15) is 23.4 Å². The van der Waals surface area contributed by atoms with Gasteiger partial charge in [0.05, 0.1) is 26.3 Å². The molecule has 1 aliphatic heterocycles. The molecule has 0 unspecified atom stereocenters.